The van der Waals surface area contributed by atoms with Gasteiger partial charge in [0.1, 0.15) is 5.75 Å². The molecule has 1 aliphatic carbocycles. The van der Waals surface area contributed by atoms with Gasteiger partial charge in [-0.2, -0.15) is 0 Å². The fraction of sp³-hybridized carbons (Fsp3) is 0.667. The van der Waals surface area contributed by atoms with Crippen LogP contribution in [0.25, 0.3) is 0 Å². The highest BCUT2D eigenvalue weighted by Crippen LogP contribution is 2.48. The van der Waals surface area contributed by atoms with Crippen LogP contribution in [-0.4, -0.2) is 7.11 Å². The van der Waals surface area contributed by atoms with Gasteiger partial charge in [-0.3, -0.25) is 0 Å². The molecule has 118 valence electrons. The maximum atomic E-state index is 5.54. The first-order chi connectivity index (χ1) is 9.82. The van der Waals surface area contributed by atoms with Crippen LogP contribution in [0.4, 0.5) is 0 Å². The summed E-state index contributed by atoms with van der Waals surface area (Å²) in [6.07, 6.45) is 5.28. The van der Waals surface area contributed by atoms with Crippen LogP contribution >= 0.6 is 31.9 Å². The molecule has 0 amide bonds. The van der Waals surface area contributed by atoms with E-state index in [1.807, 2.05) is 6.07 Å². The molecular weight excluding hydrogens is 392 g/mol. The van der Waals surface area contributed by atoms with E-state index in [0.29, 0.717) is 16.2 Å². The summed E-state index contributed by atoms with van der Waals surface area (Å²) in [5.74, 6) is 2.54. The zero-order valence-corrected chi connectivity index (χ0v) is 16.6. The Kier molecular flexibility index (Phi) is 5.81. The second-order valence-corrected chi connectivity index (χ2v) is 9.17. The summed E-state index contributed by atoms with van der Waals surface area (Å²) in [6.45, 7) is 7.13. The summed E-state index contributed by atoms with van der Waals surface area (Å²) in [7, 11) is 1.75. The molecule has 0 aliphatic heterocycles. The van der Waals surface area contributed by atoms with Gasteiger partial charge < -0.3 is 4.74 Å². The molecule has 2 rings (SSSR count). The van der Waals surface area contributed by atoms with E-state index < -0.39 is 0 Å². The normalized spacial score (nSPS) is 24.7. The van der Waals surface area contributed by atoms with E-state index in [1.54, 1.807) is 7.11 Å². The third kappa shape index (κ3) is 4.25. The predicted molar refractivity (Wildman–Crippen MR) is 97.3 cm³/mol. The van der Waals surface area contributed by atoms with Gasteiger partial charge in [0.05, 0.1) is 7.11 Å². The molecule has 0 saturated heterocycles. The van der Waals surface area contributed by atoms with Gasteiger partial charge in [-0.05, 0) is 61.1 Å². The minimum absolute atomic E-state index is 0.380. The molecular formula is C18H26Br2O. The summed E-state index contributed by atoms with van der Waals surface area (Å²) in [5, 5.41) is 0. The molecule has 1 fully saturated rings. The van der Waals surface area contributed by atoms with Crippen molar-refractivity contribution in [1.82, 2.24) is 0 Å². The summed E-state index contributed by atoms with van der Waals surface area (Å²) in [4.78, 5) is 0.380. The zero-order chi connectivity index (χ0) is 15.6. The van der Waals surface area contributed by atoms with Gasteiger partial charge in [-0.1, -0.05) is 52.6 Å². The number of ether oxygens (including phenoxy) is 1. The Bertz CT molecular complexity index is 471. The molecule has 1 saturated carbocycles. The number of hydrogen-bond acceptors (Lipinski definition) is 1. The van der Waals surface area contributed by atoms with Gasteiger partial charge >= 0.3 is 0 Å². The van der Waals surface area contributed by atoms with Gasteiger partial charge in [0.25, 0.3) is 0 Å². The van der Waals surface area contributed by atoms with Gasteiger partial charge in [0, 0.05) is 14.9 Å². The van der Waals surface area contributed by atoms with Crippen molar-refractivity contribution >= 4 is 31.9 Å². The van der Waals surface area contributed by atoms with Crippen LogP contribution in [0.5, 0.6) is 5.75 Å². The maximum absolute atomic E-state index is 5.54. The third-order valence-corrected chi connectivity index (χ3v) is 6.63. The van der Waals surface area contributed by atoms with E-state index in [-0.39, 0.29) is 0 Å². The zero-order valence-electron chi connectivity index (χ0n) is 13.5. The Morgan fingerprint density at radius 2 is 1.76 bits per heavy atom. The standard InChI is InChI=1S/C18H26Br2O/c1-18(2,3)13-7-5-12(6-8-13)17(20)15-11-14(19)9-10-16(15)21-4/h9-13,17H,5-8H2,1-4H3. The van der Waals surface area contributed by atoms with Crippen molar-refractivity contribution in [2.45, 2.75) is 51.3 Å². The van der Waals surface area contributed by atoms with Crippen LogP contribution in [0, 0.1) is 17.3 Å². The fourth-order valence-corrected chi connectivity index (χ4v) is 4.72. The minimum Gasteiger partial charge on any atom is -0.496 e. The van der Waals surface area contributed by atoms with E-state index in [2.05, 4.69) is 64.8 Å². The first-order valence-corrected chi connectivity index (χ1v) is 9.51. The Morgan fingerprint density at radius 3 is 2.29 bits per heavy atom. The molecule has 3 heteroatoms. The Balaban J connectivity index is 2.08. The van der Waals surface area contributed by atoms with Gasteiger partial charge in [0.15, 0.2) is 0 Å². The molecule has 1 aliphatic rings. The molecule has 0 N–H and O–H groups in total. The van der Waals surface area contributed by atoms with Crippen LogP contribution in [0.2, 0.25) is 0 Å². The predicted octanol–water partition coefficient (Wildman–Crippen LogP) is 6.75. The summed E-state index contributed by atoms with van der Waals surface area (Å²) < 4.78 is 6.65. The monoisotopic (exact) mass is 416 g/mol. The van der Waals surface area contributed by atoms with E-state index in [1.165, 1.54) is 31.2 Å². The van der Waals surface area contributed by atoms with Crippen molar-refractivity contribution < 1.29 is 4.74 Å². The minimum atomic E-state index is 0.380. The largest absolute Gasteiger partial charge is 0.496 e. The number of hydrogen-bond donors (Lipinski definition) is 0. The van der Waals surface area contributed by atoms with Crippen molar-refractivity contribution in [2.24, 2.45) is 17.3 Å². The van der Waals surface area contributed by atoms with Crippen LogP contribution < -0.4 is 4.74 Å². The molecule has 1 unspecified atom stereocenters. The number of methoxy groups -OCH3 is 1. The topological polar surface area (TPSA) is 9.23 Å². The van der Waals surface area contributed by atoms with Gasteiger partial charge in [0.2, 0.25) is 0 Å². The lowest BCUT2D eigenvalue weighted by molar-refractivity contribution is 0.149. The second-order valence-electron chi connectivity index (χ2n) is 7.27. The summed E-state index contributed by atoms with van der Waals surface area (Å²) >= 11 is 7.52. The molecule has 1 aromatic rings. The Morgan fingerprint density at radius 1 is 1.14 bits per heavy atom. The lowest BCUT2D eigenvalue weighted by atomic mass is 9.69. The number of halogens is 2. The van der Waals surface area contributed by atoms with Crippen LogP contribution in [0.15, 0.2) is 22.7 Å². The smallest absolute Gasteiger partial charge is 0.123 e. The molecule has 1 aromatic carbocycles. The first kappa shape index (κ1) is 17.3. The number of benzene rings is 1. The third-order valence-electron chi connectivity index (χ3n) is 4.90. The number of rotatable bonds is 3. The molecule has 1 nitrogen and oxygen atoms in total. The lowest BCUT2D eigenvalue weighted by Gasteiger charge is -2.38. The maximum Gasteiger partial charge on any atom is 0.123 e. The molecule has 0 aromatic heterocycles. The second kappa shape index (κ2) is 7.04. The van der Waals surface area contributed by atoms with E-state index >= 15 is 0 Å². The average molecular weight is 418 g/mol. The molecule has 1 atom stereocenters. The first-order valence-electron chi connectivity index (χ1n) is 7.80. The van der Waals surface area contributed by atoms with Crippen LogP contribution in [-0.2, 0) is 0 Å². The van der Waals surface area contributed by atoms with Gasteiger partial charge in [-0.25, -0.2) is 0 Å². The van der Waals surface area contributed by atoms with Crippen molar-refractivity contribution in [3.8, 4) is 5.75 Å². The van der Waals surface area contributed by atoms with Crippen molar-refractivity contribution in [2.75, 3.05) is 7.11 Å². The van der Waals surface area contributed by atoms with E-state index in [0.717, 1.165) is 16.1 Å². The van der Waals surface area contributed by atoms with E-state index in [4.69, 9.17) is 4.74 Å². The highest BCUT2D eigenvalue weighted by molar-refractivity contribution is 9.10. The van der Waals surface area contributed by atoms with Gasteiger partial charge in [-0.15, -0.1) is 0 Å². The summed E-state index contributed by atoms with van der Waals surface area (Å²) in [5.41, 5.74) is 1.71. The van der Waals surface area contributed by atoms with Crippen LogP contribution in [0.1, 0.15) is 56.8 Å². The number of alkyl halides is 1. The molecule has 0 spiro atoms. The lowest BCUT2D eigenvalue weighted by Crippen LogP contribution is -2.27. The van der Waals surface area contributed by atoms with Crippen molar-refractivity contribution in [3.63, 3.8) is 0 Å². The molecule has 0 bridgehead atoms. The summed E-state index contributed by atoms with van der Waals surface area (Å²) in [6, 6.07) is 6.28. The van der Waals surface area contributed by atoms with Crippen LogP contribution in [0.3, 0.4) is 0 Å². The molecule has 21 heavy (non-hydrogen) atoms. The molecule has 0 heterocycles. The quantitative estimate of drug-likeness (QED) is 0.494. The molecule has 0 radical (unpaired) electrons. The highest BCUT2D eigenvalue weighted by Gasteiger charge is 2.33. The fourth-order valence-electron chi connectivity index (χ4n) is 3.45. The van der Waals surface area contributed by atoms with E-state index in [9.17, 15) is 0 Å². The average Bonchev–Trinajstić information content (AvgIpc) is 2.45. The van der Waals surface area contributed by atoms with Crippen molar-refractivity contribution in [3.05, 3.63) is 28.2 Å². The highest BCUT2D eigenvalue weighted by atomic mass is 79.9. The Hall–Kier alpha value is -0.0200. The SMILES string of the molecule is COc1ccc(Br)cc1C(Br)C1CCC(C(C)(C)C)CC1. The van der Waals surface area contributed by atoms with Crippen molar-refractivity contribution in [1.29, 1.82) is 0 Å². The Labute approximate surface area is 146 Å².